The molecule has 2 saturated heterocycles. The van der Waals surface area contributed by atoms with Crippen LogP contribution in [0.3, 0.4) is 0 Å². The summed E-state index contributed by atoms with van der Waals surface area (Å²) in [6, 6.07) is 6.61. The van der Waals surface area contributed by atoms with Gasteiger partial charge < -0.3 is 10.6 Å². The Morgan fingerprint density at radius 3 is 2.55 bits per heavy atom. The third-order valence-corrected chi connectivity index (χ3v) is 6.57. The van der Waals surface area contributed by atoms with Gasteiger partial charge in [-0.2, -0.15) is 15.5 Å². The van der Waals surface area contributed by atoms with Crippen molar-refractivity contribution < 1.29 is 0 Å². The van der Waals surface area contributed by atoms with Gasteiger partial charge in [0, 0.05) is 49.7 Å². The van der Waals surface area contributed by atoms with Gasteiger partial charge in [-0.3, -0.25) is 4.68 Å². The second-order valence-corrected chi connectivity index (χ2v) is 8.48. The molecule has 0 aromatic carbocycles. The zero-order valence-corrected chi connectivity index (χ0v) is 17.0. The lowest BCUT2D eigenvalue weighted by molar-refractivity contribution is 0.115. The Hall–Kier alpha value is -3.77. The van der Waals surface area contributed by atoms with Crippen molar-refractivity contribution in [2.75, 3.05) is 18.0 Å². The summed E-state index contributed by atoms with van der Waals surface area (Å²) in [6.07, 6.45) is 10.1. The molecule has 9 nitrogen and oxygen atoms in total. The number of piperidine rings is 2. The number of fused-ring (bicyclic) bond motifs is 3. The lowest BCUT2D eigenvalue weighted by Crippen LogP contribution is -2.62. The Bertz CT molecular complexity index is 1320. The van der Waals surface area contributed by atoms with Crippen LogP contribution in [0.4, 0.5) is 5.82 Å². The first-order valence-electron chi connectivity index (χ1n) is 10.3. The van der Waals surface area contributed by atoms with Gasteiger partial charge in [-0.05, 0) is 30.4 Å². The molecule has 7 rings (SSSR count). The van der Waals surface area contributed by atoms with Gasteiger partial charge in [-0.15, -0.1) is 0 Å². The number of nitriles is 1. The monoisotopic (exact) mass is 411 g/mol. The smallest absolute Gasteiger partial charge is 0.128 e. The summed E-state index contributed by atoms with van der Waals surface area (Å²) in [5.74, 6) is 2.10. The van der Waals surface area contributed by atoms with Crippen LogP contribution in [0.1, 0.15) is 12.0 Å². The van der Waals surface area contributed by atoms with E-state index < -0.39 is 0 Å². The van der Waals surface area contributed by atoms with Gasteiger partial charge in [0.15, 0.2) is 0 Å². The molecule has 1 aliphatic carbocycles. The Morgan fingerprint density at radius 1 is 1.06 bits per heavy atom. The van der Waals surface area contributed by atoms with Crippen LogP contribution in [0, 0.1) is 23.2 Å². The summed E-state index contributed by atoms with van der Waals surface area (Å²) in [7, 11) is 1.87. The van der Waals surface area contributed by atoms with E-state index >= 15 is 0 Å². The van der Waals surface area contributed by atoms with E-state index in [4.69, 9.17) is 15.7 Å². The molecular weight excluding hydrogens is 390 g/mol. The minimum Gasteiger partial charge on any atom is -0.356 e. The van der Waals surface area contributed by atoms with Gasteiger partial charge in [-0.1, -0.05) is 0 Å². The summed E-state index contributed by atoms with van der Waals surface area (Å²) in [6.45, 7) is 1.93. The maximum atomic E-state index is 9.57. The highest BCUT2D eigenvalue weighted by atomic mass is 15.2. The molecule has 2 aliphatic heterocycles. The van der Waals surface area contributed by atoms with Gasteiger partial charge in [0.05, 0.1) is 30.0 Å². The minimum atomic E-state index is 0.342. The van der Waals surface area contributed by atoms with Crippen molar-refractivity contribution in [3.05, 3.63) is 48.7 Å². The van der Waals surface area contributed by atoms with Gasteiger partial charge in [0.25, 0.3) is 0 Å². The highest BCUT2D eigenvalue weighted by Crippen LogP contribution is 2.40. The van der Waals surface area contributed by atoms with Crippen LogP contribution in [0.15, 0.2) is 43.1 Å². The molecule has 2 bridgehead atoms. The Balaban J connectivity index is 1.41. The number of aromatic nitrogens is 6. The fraction of sp³-hybridized carbons (Fsp3) is 0.318. The summed E-state index contributed by atoms with van der Waals surface area (Å²) in [5.41, 5.74) is 10.5. The third kappa shape index (κ3) is 2.79. The molecule has 154 valence electrons. The summed E-state index contributed by atoms with van der Waals surface area (Å²) in [4.78, 5) is 11.9. The molecule has 1 saturated carbocycles. The Labute approximate surface area is 178 Å². The van der Waals surface area contributed by atoms with E-state index in [1.165, 1.54) is 6.42 Å². The van der Waals surface area contributed by atoms with E-state index in [9.17, 15) is 5.26 Å². The molecule has 9 heteroatoms. The molecule has 4 aromatic rings. The molecule has 1 unspecified atom stereocenters. The first-order valence-corrected chi connectivity index (χ1v) is 10.3. The highest BCUT2D eigenvalue weighted by molar-refractivity contribution is 5.83. The third-order valence-electron chi connectivity index (χ3n) is 6.57. The number of rotatable bonds is 3. The van der Waals surface area contributed by atoms with Gasteiger partial charge in [0.2, 0.25) is 0 Å². The number of hydrogen-bond acceptors (Lipinski definition) is 7. The first kappa shape index (κ1) is 18.0. The molecule has 4 aromatic heterocycles. The highest BCUT2D eigenvalue weighted by Gasteiger charge is 2.44. The molecular formula is C22H21N9. The van der Waals surface area contributed by atoms with E-state index in [2.05, 4.69) is 21.2 Å². The van der Waals surface area contributed by atoms with Crippen molar-refractivity contribution in [3.63, 3.8) is 0 Å². The maximum absolute atomic E-state index is 9.57. The van der Waals surface area contributed by atoms with Crippen molar-refractivity contribution in [2.24, 2.45) is 24.6 Å². The Kier molecular flexibility index (Phi) is 3.85. The van der Waals surface area contributed by atoms with E-state index in [1.54, 1.807) is 21.6 Å². The minimum absolute atomic E-state index is 0.342. The lowest BCUT2D eigenvalue weighted by Gasteiger charge is -2.52. The number of pyridine rings is 1. The van der Waals surface area contributed by atoms with Crippen LogP contribution in [-0.2, 0) is 7.05 Å². The number of nitrogens with zero attached hydrogens (tertiary/aromatic N) is 8. The molecule has 2 N–H and O–H groups in total. The van der Waals surface area contributed by atoms with E-state index in [0.717, 1.165) is 35.7 Å². The van der Waals surface area contributed by atoms with Crippen molar-refractivity contribution in [1.82, 2.24) is 29.4 Å². The van der Waals surface area contributed by atoms with Crippen LogP contribution in [0.2, 0.25) is 0 Å². The molecule has 0 amide bonds. The maximum Gasteiger partial charge on any atom is 0.128 e. The number of nitrogens with two attached hydrogens (primary N) is 1. The average molecular weight is 411 g/mol. The molecule has 3 aliphatic rings. The second kappa shape index (κ2) is 6.62. The van der Waals surface area contributed by atoms with Gasteiger partial charge >= 0.3 is 0 Å². The fourth-order valence-electron chi connectivity index (χ4n) is 4.82. The summed E-state index contributed by atoms with van der Waals surface area (Å²) < 4.78 is 3.44. The van der Waals surface area contributed by atoms with Gasteiger partial charge in [-0.25, -0.2) is 14.5 Å². The quantitative estimate of drug-likeness (QED) is 0.547. The first-order chi connectivity index (χ1) is 15.1. The molecule has 0 spiro atoms. The zero-order chi connectivity index (χ0) is 21.1. The Morgan fingerprint density at radius 2 is 1.90 bits per heavy atom. The van der Waals surface area contributed by atoms with E-state index in [1.807, 2.05) is 37.8 Å². The van der Waals surface area contributed by atoms with Crippen molar-refractivity contribution in [1.29, 1.82) is 5.26 Å². The summed E-state index contributed by atoms with van der Waals surface area (Å²) >= 11 is 0. The molecule has 31 heavy (non-hydrogen) atoms. The fourth-order valence-corrected chi connectivity index (χ4v) is 4.82. The number of hydrogen-bond donors (Lipinski definition) is 1. The predicted octanol–water partition coefficient (Wildman–Crippen LogP) is 1.85. The van der Waals surface area contributed by atoms with Crippen molar-refractivity contribution in [3.8, 4) is 28.6 Å². The van der Waals surface area contributed by atoms with Gasteiger partial charge in [0.1, 0.15) is 23.0 Å². The molecule has 3 atom stereocenters. The number of anilines is 1. The normalized spacial score (nSPS) is 22.4. The van der Waals surface area contributed by atoms with E-state index in [0.29, 0.717) is 34.7 Å². The van der Waals surface area contributed by atoms with Crippen molar-refractivity contribution >= 4 is 11.3 Å². The van der Waals surface area contributed by atoms with Crippen LogP contribution < -0.4 is 10.6 Å². The molecule has 6 heterocycles. The standard InChI is InChI=1S/C22H21N9/c1-29-9-17(8-26-29)18-12-31-22(16(5-23)7-27-31)21(28-18)13-2-3-19(25-6-13)30-10-14-4-15(11-30)20(14)24/h2-3,6-9,12,14-15,20H,4,10-11,24H2,1H3/t14-,15+,20?. The topological polar surface area (TPSA) is 114 Å². The van der Waals surface area contributed by atoms with Crippen LogP contribution in [0.5, 0.6) is 0 Å². The molecule has 0 radical (unpaired) electrons. The predicted molar refractivity (Wildman–Crippen MR) is 115 cm³/mol. The van der Waals surface area contributed by atoms with E-state index in [-0.39, 0.29) is 0 Å². The molecule has 3 fully saturated rings. The zero-order valence-electron chi connectivity index (χ0n) is 17.0. The van der Waals surface area contributed by atoms with Crippen LogP contribution in [0.25, 0.3) is 28.0 Å². The average Bonchev–Trinajstić information content (AvgIpc) is 3.44. The second-order valence-electron chi connectivity index (χ2n) is 8.48. The van der Waals surface area contributed by atoms with Crippen LogP contribution in [-0.4, -0.2) is 48.5 Å². The largest absolute Gasteiger partial charge is 0.356 e. The summed E-state index contributed by atoms with van der Waals surface area (Å²) in [5, 5.41) is 18.2. The lowest BCUT2D eigenvalue weighted by atomic mass is 9.67. The number of aryl methyl sites for hydroxylation is 1. The SMILES string of the molecule is Cn1cc(-c2cn3ncc(C#N)c3c(-c3ccc(N4C[C@H]5C[C@@H](C4)C5N)nc3)n2)cn1. The van der Waals surface area contributed by atoms with Crippen molar-refractivity contribution in [2.45, 2.75) is 12.5 Å². The van der Waals surface area contributed by atoms with Crippen LogP contribution >= 0.6 is 0 Å².